The highest BCUT2D eigenvalue weighted by molar-refractivity contribution is 7.16. The molecule has 0 unspecified atom stereocenters. The number of carboxylic acids is 1. The molecule has 3 aliphatic rings. The first kappa shape index (κ1) is 17.7. The molecule has 134 valence electrons. The molecule has 25 heavy (non-hydrogen) atoms. The van der Waals surface area contributed by atoms with E-state index in [1.807, 2.05) is 19.1 Å². The predicted molar refractivity (Wildman–Crippen MR) is 93.7 cm³/mol. The minimum Gasteiger partial charge on any atom is -0.481 e. The molecule has 7 heteroatoms. The zero-order valence-corrected chi connectivity index (χ0v) is 15.2. The third kappa shape index (κ3) is 2.97. The van der Waals surface area contributed by atoms with Crippen LogP contribution in [0.4, 0.5) is 5.00 Å². The molecular formula is C18H21NO5S. The minimum atomic E-state index is -0.939. The lowest BCUT2D eigenvalue weighted by molar-refractivity contribution is -0.151. The van der Waals surface area contributed by atoms with Crippen LogP contribution in [0.2, 0.25) is 0 Å². The van der Waals surface area contributed by atoms with Crippen molar-refractivity contribution in [1.29, 1.82) is 0 Å². The number of carboxylic acid groups (broad SMARTS) is 1. The van der Waals surface area contributed by atoms with Crippen molar-refractivity contribution in [2.45, 2.75) is 26.7 Å². The van der Waals surface area contributed by atoms with E-state index in [9.17, 15) is 19.5 Å². The maximum Gasteiger partial charge on any atom is 0.341 e. The largest absolute Gasteiger partial charge is 0.481 e. The Balaban J connectivity index is 1.90. The summed E-state index contributed by atoms with van der Waals surface area (Å²) in [6.07, 6.45) is 5.50. The molecule has 0 radical (unpaired) electrons. The summed E-state index contributed by atoms with van der Waals surface area (Å²) in [5.41, 5.74) is 1.12. The molecule has 0 saturated heterocycles. The Hall–Kier alpha value is -2.15. The zero-order valence-electron chi connectivity index (χ0n) is 14.4. The van der Waals surface area contributed by atoms with Gasteiger partial charge in [-0.15, -0.1) is 11.3 Å². The number of carbonyl (C=O) groups is 3. The van der Waals surface area contributed by atoms with Gasteiger partial charge in [0.15, 0.2) is 0 Å². The van der Waals surface area contributed by atoms with E-state index in [4.69, 9.17) is 4.74 Å². The first-order valence-electron chi connectivity index (χ1n) is 8.25. The van der Waals surface area contributed by atoms with E-state index >= 15 is 0 Å². The van der Waals surface area contributed by atoms with Crippen LogP contribution in [0.5, 0.6) is 0 Å². The van der Waals surface area contributed by atoms with Crippen LogP contribution in [0, 0.1) is 37.5 Å². The molecular weight excluding hydrogens is 342 g/mol. The van der Waals surface area contributed by atoms with Gasteiger partial charge < -0.3 is 15.2 Å². The average molecular weight is 363 g/mol. The van der Waals surface area contributed by atoms with Crippen molar-refractivity contribution in [3.05, 3.63) is 28.2 Å². The molecule has 6 nitrogen and oxygen atoms in total. The van der Waals surface area contributed by atoms with E-state index in [1.165, 1.54) is 18.4 Å². The van der Waals surface area contributed by atoms with Crippen LogP contribution in [0.1, 0.15) is 33.6 Å². The Morgan fingerprint density at radius 3 is 2.28 bits per heavy atom. The summed E-state index contributed by atoms with van der Waals surface area (Å²) in [7, 11) is 1.30. The lowest BCUT2D eigenvalue weighted by Crippen LogP contribution is -2.47. The molecule has 0 aliphatic heterocycles. The van der Waals surface area contributed by atoms with Gasteiger partial charge in [-0.25, -0.2) is 4.79 Å². The fourth-order valence-corrected chi connectivity index (χ4v) is 5.00. The van der Waals surface area contributed by atoms with E-state index < -0.39 is 23.8 Å². The Morgan fingerprint density at radius 2 is 1.76 bits per heavy atom. The van der Waals surface area contributed by atoms with E-state index in [-0.39, 0.29) is 17.7 Å². The molecule has 1 heterocycles. The number of esters is 1. The van der Waals surface area contributed by atoms with Gasteiger partial charge in [-0.3, -0.25) is 9.59 Å². The maximum absolute atomic E-state index is 12.9. The third-order valence-corrected chi connectivity index (χ3v) is 6.47. The molecule has 0 spiro atoms. The second-order valence-corrected chi connectivity index (χ2v) is 7.87. The molecule has 4 rings (SSSR count). The van der Waals surface area contributed by atoms with E-state index in [0.29, 0.717) is 10.6 Å². The topological polar surface area (TPSA) is 92.7 Å². The van der Waals surface area contributed by atoms with Crippen molar-refractivity contribution in [2.24, 2.45) is 23.7 Å². The van der Waals surface area contributed by atoms with Gasteiger partial charge in [-0.2, -0.15) is 0 Å². The predicted octanol–water partition coefficient (Wildman–Crippen LogP) is 3.00. The normalized spacial score (nSPS) is 27.2. The lowest BCUT2D eigenvalue weighted by Gasteiger charge is -2.41. The molecule has 2 bridgehead atoms. The lowest BCUT2D eigenvalue weighted by atomic mass is 9.62. The van der Waals surface area contributed by atoms with Crippen molar-refractivity contribution < 1.29 is 24.2 Å². The number of allylic oxidation sites excluding steroid dienone is 2. The van der Waals surface area contributed by atoms with Gasteiger partial charge in [-0.05, 0) is 44.1 Å². The first-order valence-corrected chi connectivity index (χ1v) is 9.07. The summed E-state index contributed by atoms with van der Waals surface area (Å²) < 4.78 is 4.82. The summed E-state index contributed by atoms with van der Waals surface area (Å²) in [4.78, 5) is 37.6. The summed E-state index contributed by atoms with van der Waals surface area (Å²) in [5.74, 6) is -3.29. The van der Waals surface area contributed by atoms with Gasteiger partial charge in [-0.1, -0.05) is 12.2 Å². The molecule has 4 atom stereocenters. The van der Waals surface area contributed by atoms with Crippen molar-refractivity contribution in [3.8, 4) is 0 Å². The molecule has 1 fully saturated rings. The number of thiophene rings is 1. The fourth-order valence-electron chi connectivity index (χ4n) is 3.95. The second-order valence-electron chi connectivity index (χ2n) is 6.65. The standard InChI is InChI=1S/C18H21NO5S/c1-8-9(2)25-16(12(8)18(23)24-3)19-15(20)13-10-4-6-11(7-5-10)14(13)17(21)22/h4,6,10-11,13-14H,5,7H2,1-3H3,(H,19,20)(H,21,22)/t10-,11+,13+,14+/m1/s1. The highest BCUT2D eigenvalue weighted by atomic mass is 32.1. The van der Waals surface area contributed by atoms with Gasteiger partial charge in [0.05, 0.1) is 24.5 Å². The summed E-state index contributed by atoms with van der Waals surface area (Å²) in [6.45, 7) is 3.67. The number of ether oxygens (including phenoxy) is 1. The maximum atomic E-state index is 12.9. The van der Waals surface area contributed by atoms with Crippen LogP contribution in [0.25, 0.3) is 0 Å². The highest BCUT2D eigenvalue weighted by Crippen LogP contribution is 2.46. The molecule has 0 aromatic carbocycles. The number of fused-ring (bicyclic) bond motifs is 2. The van der Waals surface area contributed by atoms with E-state index in [2.05, 4.69) is 5.32 Å². The SMILES string of the molecule is COC(=O)c1c(NC(=O)[C@@H]2[C@@H](C(=O)O)[C@H]3C=C[C@@H]2CC3)sc(C)c1C. The van der Waals surface area contributed by atoms with E-state index in [1.54, 1.807) is 6.92 Å². The number of nitrogens with one attached hydrogen (secondary N) is 1. The van der Waals surface area contributed by atoms with E-state index in [0.717, 1.165) is 23.3 Å². The van der Waals surface area contributed by atoms with Gasteiger partial charge in [0.1, 0.15) is 5.00 Å². The van der Waals surface area contributed by atoms with Crippen LogP contribution in [-0.4, -0.2) is 30.1 Å². The Morgan fingerprint density at radius 1 is 1.16 bits per heavy atom. The highest BCUT2D eigenvalue weighted by Gasteiger charge is 2.48. The monoisotopic (exact) mass is 363 g/mol. The van der Waals surface area contributed by atoms with Crippen LogP contribution in [0.3, 0.4) is 0 Å². The first-order chi connectivity index (χ1) is 11.8. The summed E-state index contributed by atoms with van der Waals surface area (Å²) >= 11 is 1.31. The zero-order chi connectivity index (χ0) is 18.3. The van der Waals surface area contributed by atoms with Crippen LogP contribution < -0.4 is 5.32 Å². The van der Waals surface area contributed by atoms with Crippen molar-refractivity contribution in [1.82, 2.24) is 0 Å². The number of methoxy groups -OCH3 is 1. The number of hydrogen-bond acceptors (Lipinski definition) is 5. The van der Waals surface area contributed by atoms with Crippen molar-refractivity contribution >= 4 is 34.2 Å². The number of carbonyl (C=O) groups excluding carboxylic acids is 2. The number of amides is 1. The van der Waals surface area contributed by atoms with Crippen LogP contribution in [0.15, 0.2) is 12.2 Å². The second kappa shape index (κ2) is 6.63. The molecule has 1 aromatic heterocycles. The number of rotatable bonds is 4. The smallest absolute Gasteiger partial charge is 0.341 e. The molecule has 3 aliphatic carbocycles. The summed E-state index contributed by atoms with van der Waals surface area (Å²) in [6, 6.07) is 0. The average Bonchev–Trinajstić information content (AvgIpc) is 2.88. The number of aliphatic carboxylic acids is 1. The minimum absolute atomic E-state index is 0.0742. The number of aryl methyl sites for hydroxylation is 1. The van der Waals surface area contributed by atoms with Gasteiger partial charge in [0.25, 0.3) is 0 Å². The van der Waals surface area contributed by atoms with Crippen molar-refractivity contribution in [2.75, 3.05) is 12.4 Å². The van der Waals surface area contributed by atoms with Crippen LogP contribution in [-0.2, 0) is 14.3 Å². The van der Waals surface area contributed by atoms with Crippen LogP contribution >= 0.6 is 11.3 Å². The third-order valence-electron chi connectivity index (χ3n) is 5.35. The Labute approximate surface area is 149 Å². The molecule has 1 amide bonds. The fraction of sp³-hybridized carbons (Fsp3) is 0.500. The number of hydrogen-bond donors (Lipinski definition) is 2. The Bertz CT molecular complexity index is 766. The Kier molecular flexibility index (Phi) is 4.69. The van der Waals surface area contributed by atoms with Crippen molar-refractivity contribution in [3.63, 3.8) is 0 Å². The summed E-state index contributed by atoms with van der Waals surface area (Å²) in [5, 5.41) is 12.8. The molecule has 2 N–H and O–H groups in total. The van der Waals surface area contributed by atoms with Gasteiger partial charge in [0, 0.05) is 4.88 Å². The quantitative estimate of drug-likeness (QED) is 0.634. The number of anilines is 1. The van der Waals surface area contributed by atoms with Gasteiger partial charge >= 0.3 is 11.9 Å². The van der Waals surface area contributed by atoms with Gasteiger partial charge in [0.2, 0.25) is 5.91 Å². The molecule has 1 aromatic rings. The molecule has 1 saturated carbocycles.